The molecule has 0 spiro atoms. The number of nitrogens with zero attached hydrogens (tertiary/aromatic N) is 1. The van der Waals surface area contributed by atoms with Gasteiger partial charge in [-0.05, 0) is 58.8 Å². The van der Waals surface area contributed by atoms with Gasteiger partial charge < -0.3 is 9.64 Å². The first-order chi connectivity index (χ1) is 10.8. The molecule has 0 aliphatic carbocycles. The van der Waals surface area contributed by atoms with Gasteiger partial charge in [0.25, 0.3) is 0 Å². The average Bonchev–Trinajstić information content (AvgIpc) is 3.09. The molecule has 1 aliphatic rings. The second kappa shape index (κ2) is 6.97. The highest BCUT2D eigenvalue weighted by atomic mass is 32.1. The largest absolute Gasteiger partial charge is 0.497 e. The Balaban J connectivity index is 1.55. The minimum Gasteiger partial charge on any atom is -0.497 e. The molecule has 1 aromatic carbocycles. The van der Waals surface area contributed by atoms with Crippen LogP contribution in [-0.2, 0) is 11.2 Å². The number of hydrogen-bond donors (Lipinski definition) is 0. The van der Waals surface area contributed by atoms with Gasteiger partial charge >= 0.3 is 0 Å². The molecule has 1 aliphatic heterocycles. The van der Waals surface area contributed by atoms with Crippen molar-refractivity contribution in [3.05, 3.63) is 52.2 Å². The summed E-state index contributed by atoms with van der Waals surface area (Å²) in [6.07, 6.45) is 2.60. The van der Waals surface area contributed by atoms with Crippen molar-refractivity contribution in [3.63, 3.8) is 0 Å². The first-order valence-electron chi connectivity index (χ1n) is 7.69. The molecule has 4 heteroatoms. The molecule has 0 unspecified atom stereocenters. The summed E-state index contributed by atoms with van der Waals surface area (Å²) in [4.78, 5) is 14.4. The summed E-state index contributed by atoms with van der Waals surface area (Å²) >= 11 is 1.75. The number of amides is 1. The fourth-order valence-electron chi connectivity index (χ4n) is 3.04. The molecule has 2 heterocycles. The Morgan fingerprint density at radius 1 is 1.32 bits per heavy atom. The van der Waals surface area contributed by atoms with Crippen LogP contribution in [0.25, 0.3) is 0 Å². The van der Waals surface area contributed by atoms with E-state index in [1.807, 2.05) is 29.2 Å². The summed E-state index contributed by atoms with van der Waals surface area (Å²) in [7, 11) is 1.65. The van der Waals surface area contributed by atoms with Gasteiger partial charge in [-0.3, -0.25) is 4.79 Å². The second-order valence-electron chi connectivity index (χ2n) is 5.74. The third-order valence-corrected chi connectivity index (χ3v) is 5.05. The standard InChI is InChI=1S/C18H21NO2S/c1-21-17-4-2-3-14(11-17)12-18(20)19-8-5-15(6-9-19)16-7-10-22-13-16/h2-4,7,10-11,13,15H,5-6,8-9,12H2,1H3. The third kappa shape index (κ3) is 3.50. The first kappa shape index (κ1) is 15.1. The fraction of sp³-hybridized carbons (Fsp3) is 0.389. The van der Waals surface area contributed by atoms with E-state index in [-0.39, 0.29) is 5.91 Å². The fourth-order valence-corrected chi connectivity index (χ4v) is 3.78. The van der Waals surface area contributed by atoms with Gasteiger partial charge in [-0.2, -0.15) is 11.3 Å². The number of carbonyl (C=O) groups is 1. The van der Waals surface area contributed by atoms with E-state index in [0.29, 0.717) is 12.3 Å². The first-order valence-corrected chi connectivity index (χ1v) is 8.63. The van der Waals surface area contributed by atoms with Gasteiger partial charge in [0, 0.05) is 13.1 Å². The van der Waals surface area contributed by atoms with Crippen molar-refractivity contribution in [2.45, 2.75) is 25.2 Å². The van der Waals surface area contributed by atoms with Crippen molar-refractivity contribution in [3.8, 4) is 5.75 Å². The van der Waals surface area contributed by atoms with Crippen LogP contribution in [0.15, 0.2) is 41.1 Å². The van der Waals surface area contributed by atoms with E-state index in [9.17, 15) is 4.79 Å². The van der Waals surface area contributed by atoms with E-state index >= 15 is 0 Å². The lowest BCUT2D eigenvalue weighted by Gasteiger charge is -2.32. The molecule has 2 aromatic rings. The molecule has 116 valence electrons. The van der Waals surface area contributed by atoms with Crippen molar-refractivity contribution >= 4 is 17.2 Å². The Bertz CT molecular complexity index is 616. The van der Waals surface area contributed by atoms with Gasteiger partial charge in [-0.1, -0.05) is 12.1 Å². The van der Waals surface area contributed by atoms with Crippen molar-refractivity contribution < 1.29 is 9.53 Å². The minimum absolute atomic E-state index is 0.219. The van der Waals surface area contributed by atoms with Gasteiger partial charge in [-0.15, -0.1) is 0 Å². The normalized spacial score (nSPS) is 15.8. The van der Waals surface area contributed by atoms with Crippen molar-refractivity contribution in [2.24, 2.45) is 0 Å². The zero-order valence-electron chi connectivity index (χ0n) is 12.8. The highest BCUT2D eigenvalue weighted by Crippen LogP contribution is 2.29. The minimum atomic E-state index is 0.219. The van der Waals surface area contributed by atoms with Crippen molar-refractivity contribution in [1.82, 2.24) is 4.90 Å². The lowest BCUT2D eigenvalue weighted by Crippen LogP contribution is -2.38. The number of hydrogen-bond acceptors (Lipinski definition) is 3. The van der Waals surface area contributed by atoms with Gasteiger partial charge in [0.05, 0.1) is 13.5 Å². The number of carbonyl (C=O) groups excluding carboxylic acids is 1. The van der Waals surface area contributed by atoms with E-state index in [1.165, 1.54) is 5.56 Å². The van der Waals surface area contributed by atoms with Gasteiger partial charge in [0.15, 0.2) is 0 Å². The number of ether oxygens (including phenoxy) is 1. The SMILES string of the molecule is COc1cccc(CC(=O)N2CCC(c3ccsc3)CC2)c1. The molecule has 0 N–H and O–H groups in total. The van der Waals surface area contributed by atoms with Crippen LogP contribution in [0.5, 0.6) is 5.75 Å². The van der Waals surface area contributed by atoms with Crippen LogP contribution >= 0.6 is 11.3 Å². The topological polar surface area (TPSA) is 29.5 Å². The molecule has 1 fully saturated rings. The number of rotatable bonds is 4. The van der Waals surface area contributed by atoms with Crippen molar-refractivity contribution in [1.29, 1.82) is 0 Å². The van der Waals surface area contributed by atoms with Crippen LogP contribution in [0.4, 0.5) is 0 Å². The van der Waals surface area contributed by atoms with E-state index < -0.39 is 0 Å². The summed E-state index contributed by atoms with van der Waals surface area (Å²) in [5.41, 5.74) is 2.45. The molecule has 0 saturated carbocycles. The Hall–Kier alpha value is -1.81. The monoisotopic (exact) mass is 315 g/mol. The molecule has 0 radical (unpaired) electrons. The summed E-state index contributed by atoms with van der Waals surface area (Å²) in [6.45, 7) is 1.73. The smallest absolute Gasteiger partial charge is 0.226 e. The highest BCUT2D eigenvalue weighted by molar-refractivity contribution is 7.07. The Labute approximate surface area is 135 Å². The Morgan fingerprint density at radius 2 is 2.14 bits per heavy atom. The van der Waals surface area contributed by atoms with E-state index in [0.717, 1.165) is 37.2 Å². The maximum atomic E-state index is 12.4. The summed E-state index contributed by atoms with van der Waals surface area (Å²) in [5.74, 6) is 1.64. The van der Waals surface area contributed by atoms with Gasteiger partial charge in [0.1, 0.15) is 5.75 Å². The summed E-state index contributed by atoms with van der Waals surface area (Å²) < 4.78 is 5.21. The maximum Gasteiger partial charge on any atom is 0.226 e. The van der Waals surface area contributed by atoms with Crippen LogP contribution in [0.1, 0.15) is 29.9 Å². The molecule has 1 saturated heterocycles. The Morgan fingerprint density at radius 3 is 2.82 bits per heavy atom. The lowest BCUT2D eigenvalue weighted by atomic mass is 9.91. The third-order valence-electron chi connectivity index (χ3n) is 4.35. The number of benzene rings is 1. The quantitative estimate of drug-likeness (QED) is 0.861. The number of piperidine rings is 1. The van der Waals surface area contributed by atoms with Crippen LogP contribution < -0.4 is 4.74 Å². The molecular weight excluding hydrogens is 294 g/mol. The van der Waals surface area contributed by atoms with E-state index in [1.54, 1.807) is 18.4 Å². The second-order valence-corrected chi connectivity index (χ2v) is 6.52. The zero-order chi connectivity index (χ0) is 15.4. The van der Waals surface area contributed by atoms with E-state index in [2.05, 4.69) is 16.8 Å². The molecule has 0 bridgehead atoms. The number of thiophene rings is 1. The van der Waals surface area contributed by atoms with E-state index in [4.69, 9.17) is 4.74 Å². The molecule has 1 aromatic heterocycles. The number of likely N-dealkylation sites (tertiary alicyclic amines) is 1. The summed E-state index contributed by atoms with van der Waals surface area (Å²) in [6, 6.07) is 9.97. The molecule has 3 rings (SSSR count). The van der Waals surface area contributed by atoms with Gasteiger partial charge in [-0.25, -0.2) is 0 Å². The predicted molar refractivity (Wildman–Crippen MR) is 89.6 cm³/mol. The average molecular weight is 315 g/mol. The maximum absolute atomic E-state index is 12.4. The molecular formula is C18H21NO2S. The zero-order valence-corrected chi connectivity index (χ0v) is 13.6. The molecule has 1 amide bonds. The molecule has 22 heavy (non-hydrogen) atoms. The van der Waals surface area contributed by atoms with Gasteiger partial charge in [0.2, 0.25) is 5.91 Å². The highest BCUT2D eigenvalue weighted by Gasteiger charge is 2.23. The van der Waals surface area contributed by atoms with Crippen LogP contribution in [0.3, 0.4) is 0 Å². The molecule has 3 nitrogen and oxygen atoms in total. The lowest BCUT2D eigenvalue weighted by molar-refractivity contribution is -0.131. The molecule has 0 atom stereocenters. The van der Waals surface area contributed by atoms with Crippen molar-refractivity contribution in [2.75, 3.05) is 20.2 Å². The summed E-state index contributed by atoms with van der Waals surface area (Å²) in [5, 5.41) is 4.37. The predicted octanol–water partition coefficient (Wildman–Crippen LogP) is 3.71. The Kier molecular flexibility index (Phi) is 4.78. The number of methoxy groups -OCH3 is 1. The van der Waals surface area contributed by atoms with Crippen LogP contribution in [-0.4, -0.2) is 31.0 Å². The van der Waals surface area contributed by atoms with Crippen LogP contribution in [0, 0.1) is 0 Å². The van der Waals surface area contributed by atoms with Crippen LogP contribution in [0.2, 0.25) is 0 Å².